The first-order chi connectivity index (χ1) is 14.6. The normalized spacial score (nSPS) is 17.1. The lowest BCUT2D eigenvalue weighted by Gasteiger charge is -2.38. The number of aromatic nitrogens is 1. The molecule has 0 unspecified atom stereocenters. The number of amides is 2. The highest BCUT2D eigenvalue weighted by atomic mass is 16.6. The van der Waals surface area contributed by atoms with E-state index in [2.05, 4.69) is 47.7 Å². The van der Waals surface area contributed by atoms with Crippen molar-refractivity contribution in [1.82, 2.24) is 15.4 Å². The van der Waals surface area contributed by atoms with E-state index in [4.69, 9.17) is 9.57 Å². The second kappa shape index (κ2) is 7.29. The fraction of sp³-hybridized carbons (Fsp3) is 0.333. The highest BCUT2D eigenvalue weighted by Gasteiger charge is 2.43. The molecule has 6 nitrogen and oxygen atoms in total. The van der Waals surface area contributed by atoms with Crippen LogP contribution in [0.25, 0.3) is 22.0 Å². The van der Waals surface area contributed by atoms with Gasteiger partial charge in [-0.3, -0.25) is 9.82 Å². The molecule has 1 fully saturated rings. The van der Waals surface area contributed by atoms with Crippen molar-refractivity contribution in [1.29, 1.82) is 0 Å². The van der Waals surface area contributed by atoms with Gasteiger partial charge in [-0.15, -0.1) is 0 Å². The van der Waals surface area contributed by atoms with Crippen LogP contribution in [0.1, 0.15) is 24.0 Å². The number of likely N-dealkylation sites (tertiary alicyclic amines) is 1. The van der Waals surface area contributed by atoms with E-state index in [1.807, 2.05) is 18.3 Å². The largest absolute Gasteiger partial charge is 0.487 e. The first-order valence-electron chi connectivity index (χ1n) is 10.3. The van der Waals surface area contributed by atoms with Gasteiger partial charge in [-0.05, 0) is 41.8 Å². The van der Waals surface area contributed by atoms with Crippen molar-refractivity contribution in [3.8, 4) is 16.9 Å². The van der Waals surface area contributed by atoms with Gasteiger partial charge in [0.2, 0.25) is 0 Å². The van der Waals surface area contributed by atoms with Gasteiger partial charge in [0, 0.05) is 49.5 Å². The lowest BCUT2D eigenvalue weighted by Crippen LogP contribution is -2.51. The van der Waals surface area contributed by atoms with Crippen LogP contribution in [-0.2, 0) is 11.3 Å². The first kappa shape index (κ1) is 18.9. The van der Waals surface area contributed by atoms with Gasteiger partial charge in [0.15, 0.2) is 0 Å². The summed E-state index contributed by atoms with van der Waals surface area (Å²) in [7, 11) is 1.45. The zero-order chi connectivity index (χ0) is 20.7. The average Bonchev–Trinajstić information content (AvgIpc) is 3.11. The topological polar surface area (TPSA) is 63.7 Å². The molecule has 1 N–H and O–H groups in total. The molecule has 2 aromatic carbocycles. The summed E-state index contributed by atoms with van der Waals surface area (Å²) in [6.45, 7) is 3.47. The van der Waals surface area contributed by atoms with Gasteiger partial charge in [0.05, 0.1) is 12.6 Å². The lowest BCUT2D eigenvalue weighted by molar-refractivity contribution is 0.0199. The van der Waals surface area contributed by atoms with Crippen LogP contribution in [0.2, 0.25) is 0 Å². The van der Waals surface area contributed by atoms with Crippen LogP contribution in [-0.4, -0.2) is 41.7 Å². The number of hydrogen-bond donors (Lipinski definition) is 1. The number of carbonyl (C=O) groups is 1. The molecule has 0 saturated carbocycles. The molecule has 6 heteroatoms. The van der Waals surface area contributed by atoms with Crippen LogP contribution in [0.15, 0.2) is 48.7 Å². The van der Waals surface area contributed by atoms with Crippen molar-refractivity contribution < 1.29 is 14.4 Å². The van der Waals surface area contributed by atoms with Crippen LogP contribution >= 0.6 is 0 Å². The van der Waals surface area contributed by atoms with Gasteiger partial charge in [-0.25, -0.2) is 10.3 Å². The number of hydroxylamine groups is 1. The van der Waals surface area contributed by atoms with Gasteiger partial charge < -0.3 is 9.64 Å². The maximum atomic E-state index is 12.0. The summed E-state index contributed by atoms with van der Waals surface area (Å²) < 4.78 is 6.41. The molecule has 154 valence electrons. The molecule has 2 aliphatic rings. The molecule has 3 aromatic rings. The fourth-order valence-electron chi connectivity index (χ4n) is 4.72. The molecule has 0 aliphatic carbocycles. The standard InChI is InChI=1S/C24H25N3O3/c1-16-19-5-3-4-6-21(19)25-15-20(16)17-7-8-22-18(13-17)14-24(30-22)9-11-27(12-10-24)23(28)26-29-2/h3-8,13,15H,9-12,14H2,1-2H3,(H,26,28). The maximum absolute atomic E-state index is 12.0. The molecule has 5 rings (SSSR count). The van der Waals surface area contributed by atoms with Gasteiger partial charge in [0.25, 0.3) is 0 Å². The third-order valence-corrected chi connectivity index (χ3v) is 6.41. The molecule has 0 radical (unpaired) electrons. The predicted octanol–water partition coefficient (Wildman–Crippen LogP) is 4.25. The SMILES string of the molecule is CONC(=O)N1CCC2(CC1)Cc1cc(-c3cnc4ccccc4c3C)ccc1O2. The lowest BCUT2D eigenvalue weighted by atomic mass is 9.86. The first-order valence-corrected chi connectivity index (χ1v) is 10.3. The van der Waals surface area contributed by atoms with Crippen LogP contribution in [0.5, 0.6) is 5.75 Å². The minimum Gasteiger partial charge on any atom is -0.487 e. The van der Waals surface area contributed by atoms with Crippen LogP contribution < -0.4 is 10.2 Å². The Kier molecular flexibility index (Phi) is 4.59. The zero-order valence-corrected chi connectivity index (χ0v) is 17.3. The molecule has 3 heterocycles. The number of aryl methyl sites for hydroxylation is 1. The maximum Gasteiger partial charge on any atom is 0.341 e. The molecule has 30 heavy (non-hydrogen) atoms. The van der Waals surface area contributed by atoms with E-state index in [9.17, 15) is 4.79 Å². The van der Waals surface area contributed by atoms with Crippen molar-refractivity contribution in [3.63, 3.8) is 0 Å². The Hall–Kier alpha value is -3.12. The summed E-state index contributed by atoms with van der Waals surface area (Å²) in [4.78, 5) is 23.2. The number of fused-ring (bicyclic) bond motifs is 2. The van der Waals surface area contributed by atoms with Crippen molar-refractivity contribution in [2.24, 2.45) is 0 Å². The van der Waals surface area contributed by atoms with Gasteiger partial charge >= 0.3 is 6.03 Å². The molecular formula is C24H25N3O3. The Bertz CT molecular complexity index is 1120. The van der Waals surface area contributed by atoms with Crippen molar-refractivity contribution in [2.45, 2.75) is 31.8 Å². The van der Waals surface area contributed by atoms with E-state index in [1.54, 1.807) is 4.90 Å². The molecule has 1 aromatic heterocycles. The monoisotopic (exact) mass is 403 g/mol. The van der Waals surface area contributed by atoms with Crippen LogP contribution in [0.4, 0.5) is 4.79 Å². The predicted molar refractivity (Wildman–Crippen MR) is 115 cm³/mol. The quantitative estimate of drug-likeness (QED) is 0.650. The minimum atomic E-state index is -0.221. The van der Waals surface area contributed by atoms with Crippen molar-refractivity contribution in [3.05, 3.63) is 59.8 Å². The number of para-hydroxylation sites is 1. The number of benzene rings is 2. The van der Waals surface area contributed by atoms with E-state index in [1.165, 1.54) is 29.2 Å². The van der Waals surface area contributed by atoms with Gasteiger partial charge in [0.1, 0.15) is 11.4 Å². The minimum absolute atomic E-state index is 0.190. The van der Waals surface area contributed by atoms with E-state index in [0.717, 1.165) is 36.1 Å². The van der Waals surface area contributed by atoms with Gasteiger partial charge in [-0.1, -0.05) is 24.3 Å². The number of rotatable bonds is 2. The Morgan fingerprint density at radius 2 is 2.00 bits per heavy atom. The molecular weight excluding hydrogens is 378 g/mol. The van der Waals surface area contributed by atoms with Gasteiger partial charge in [-0.2, -0.15) is 0 Å². The molecule has 2 amide bonds. The van der Waals surface area contributed by atoms with E-state index in [-0.39, 0.29) is 11.6 Å². The average molecular weight is 403 g/mol. The summed E-state index contributed by atoms with van der Waals surface area (Å²) in [6, 6.07) is 14.5. The van der Waals surface area contributed by atoms with Crippen LogP contribution in [0.3, 0.4) is 0 Å². The van der Waals surface area contributed by atoms with E-state index < -0.39 is 0 Å². The molecule has 0 atom stereocenters. The number of hydrogen-bond acceptors (Lipinski definition) is 4. The Balaban J connectivity index is 1.38. The molecule has 0 bridgehead atoms. The Morgan fingerprint density at radius 1 is 1.20 bits per heavy atom. The number of pyridine rings is 1. The molecule has 1 spiro atoms. The van der Waals surface area contributed by atoms with Crippen molar-refractivity contribution >= 4 is 16.9 Å². The third-order valence-electron chi connectivity index (χ3n) is 6.41. The number of nitrogens with zero attached hydrogens (tertiary/aromatic N) is 2. The Morgan fingerprint density at radius 3 is 2.80 bits per heavy atom. The third kappa shape index (κ3) is 3.17. The zero-order valence-electron chi connectivity index (χ0n) is 17.3. The second-order valence-electron chi connectivity index (χ2n) is 8.20. The molecule has 2 aliphatic heterocycles. The highest BCUT2D eigenvalue weighted by molar-refractivity contribution is 5.88. The number of nitrogens with one attached hydrogen (secondary N) is 1. The van der Waals surface area contributed by atoms with Crippen molar-refractivity contribution in [2.75, 3.05) is 20.2 Å². The van der Waals surface area contributed by atoms with E-state index >= 15 is 0 Å². The molecule has 1 saturated heterocycles. The number of ether oxygens (including phenoxy) is 1. The number of carbonyl (C=O) groups excluding carboxylic acids is 1. The summed E-state index contributed by atoms with van der Waals surface area (Å²) in [5.74, 6) is 0.958. The summed E-state index contributed by atoms with van der Waals surface area (Å²) in [6.07, 6.45) is 4.46. The second-order valence-corrected chi connectivity index (χ2v) is 8.20. The summed E-state index contributed by atoms with van der Waals surface area (Å²) in [5, 5.41) is 1.19. The Labute approximate surface area is 175 Å². The smallest absolute Gasteiger partial charge is 0.341 e. The number of piperidine rings is 1. The highest BCUT2D eigenvalue weighted by Crippen LogP contribution is 2.43. The summed E-state index contributed by atoms with van der Waals surface area (Å²) >= 11 is 0. The number of urea groups is 1. The fourth-order valence-corrected chi connectivity index (χ4v) is 4.72. The van der Waals surface area contributed by atoms with E-state index in [0.29, 0.717) is 13.1 Å². The summed E-state index contributed by atoms with van der Waals surface area (Å²) in [5.41, 5.74) is 7.99. The van der Waals surface area contributed by atoms with Crippen LogP contribution in [0, 0.1) is 6.92 Å².